The number of carbonyl (C=O) groups is 1. The minimum atomic E-state index is -0.973. The number of nitrogens with zero attached hydrogens (tertiary/aromatic N) is 3. The lowest BCUT2D eigenvalue weighted by molar-refractivity contribution is 0.0324. The zero-order valence-corrected chi connectivity index (χ0v) is 9.69. The Kier molecular flexibility index (Phi) is 3.97. The Morgan fingerprint density at radius 3 is 2.88 bits per heavy atom. The van der Waals surface area contributed by atoms with Crippen LogP contribution >= 0.6 is 0 Å². The van der Waals surface area contributed by atoms with Crippen LogP contribution in [0.3, 0.4) is 0 Å². The molecule has 1 atom stereocenters. The highest BCUT2D eigenvalue weighted by atomic mass is 16.3. The Morgan fingerprint density at radius 1 is 1.69 bits per heavy atom. The number of aromatic nitrogens is 3. The zero-order chi connectivity index (χ0) is 12.2. The molecule has 1 rings (SSSR count). The molecule has 0 saturated heterocycles. The first-order valence-corrected chi connectivity index (χ1v) is 4.91. The van der Waals surface area contributed by atoms with Gasteiger partial charge in [0.25, 0.3) is 5.91 Å². The smallest absolute Gasteiger partial charge is 0.288 e. The first-order chi connectivity index (χ1) is 7.41. The quantitative estimate of drug-likeness (QED) is 0.590. The van der Waals surface area contributed by atoms with E-state index in [1.165, 1.54) is 6.33 Å². The van der Waals surface area contributed by atoms with Gasteiger partial charge in [0.05, 0.1) is 5.60 Å². The Balaban J connectivity index is 2.42. The van der Waals surface area contributed by atoms with Gasteiger partial charge < -0.3 is 15.3 Å². The molecule has 0 bridgehead atoms. The van der Waals surface area contributed by atoms with E-state index in [0.717, 1.165) is 0 Å². The molecule has 0 aliphatic carbocycles. The van der Waals surface area contributed by atoms with E-state index in [2.05, 4.69) is 20.5 Å². The average molecular weight is 227 g/mol. The number of rotatable bonds is 5. The third-order valence-corrected chi connectivity index (χ3v) is 1.92. The van der Waals surface area contributed by atoms with Crippen LogP contribution in [0.15, 0.2) is 6.33 Å². The van der Waals surface area contributed by atoms with Crippen LogP contribution < -0.4 is 5.32 Å². The maximum absolute atomic E-state index is 11.5. The van der Waals surface area contributed by atoms with E-state index in [4.69, 9.17) is 0 Å². The van der Waals surface area contributed by atoms with Gasteiger partial charge in [-0.1, -0.05) is 0 Å². The van der Waals surface area contributed by atoms with Crippen molar-refractivity contribution in [2.75, 3.05) is 27.2 Å². The summed E-state index contributed by atoms with van der Waals surface area (Å²) in [6.45, 7) is 2.28. The summed E-state index contributed by atoms with van der Waals surface area (Å²) in [6, 6.07) is 0. The second-order valence-corrected chi connectivity index (χ2v) is 4.25. The number of aliphatic hydroxyl groups is 1. The zero-order valence-electron chi connectivity index (χ0n) is 9.69. The van der Waals surface area contributed by atoms with Gasteiger partial charge in [0, 0.05) is 13.1 Å². The van der Waals surface area contributed by atoms with Gasteiger partial charge in [-0.3, -0.25) is 9.89 Å². The van der Waals surface area contributed by atoms with Crippen LogP contribution in [0.5, 0.6) is 0 Å². The maximum atomic E-state index is 11.5. The molecule has 1 unspecified atom stereocenters. The molecule has 0 radical (unpaired) electrons. The van der Waals surface area contributed by atoms with E-state index in [0.29, 0.717) is 6.54 Å². The number of hydrogen-bond acceptors (Lipinski definition) is 5. The van der Waals surface area contributed by atoms with Crippen molar-refractivity contribution in [2.24, 2.45) is 0 Å². The van der Waals surface area contributed by atoms with Crippen LogP contribution in [0.25, 0.3) is 0 Å². The minimum absolute atomic E-state index is 0.139. The monoisotopic (exact) mass is 227 g/mol. The molecule has 90 valence electrons. The van der Waals surface area contributed by atoms with E-state index in [1.54, 1.807) is 6.92 Å². The third-order valence-electron chi connectivity index (χ3n) is 1.92. The van der Waals surface area contributed by atoms with Crippen molar-refractivity contribution in [1.29, 1.82) is 0 Å². The first-order valence-electron chi connectivity index (χ1n) is 4.91. The SMILES string of the molecule is CN(C)CC(C)(O)CNC(=O)c1ncn[nH]1. The summed E-state index contributed by atoms with van der Waals surface area (Å²) in [6.07, 6.45) is 1.26. The molecule has 1 heterocycles. The van der Waals surface area contributed by atoms with Crippen molar-refractivity contribution < 1.29 is 9.90 Å². The van der Waals surface area contributed by atoms with Crippen LogP contribution in [-0.2, 0) is 0 Å². The van der Waals surface area contributed by atoms with Crippen LogP contribution in [-0.4, -0.2) is 63.9 Å². The number of amides is 1. The molecule has 3 N–H and O–H groups in total. The highest BCUT2D eigenvalue weighted by Gasteiger charge is 2.22. The van der Waals surface area contributed by atoms with E-state index in [-0.39, 0.29) is 18.3 Å². The van der Waals surface area contributed by atoms with Crippen LogP contribution in [0, 0.1) is 0 Å². The molecule has 0 spiro atoms. The molecule has 1 aromatic rings. The number of likely N-dealkylation sites (N-methyl/N-ethyl adjacent to an activating group) is 1. The van der Waals surface area contributed by atoms with Crippen molar-refractivity contribution in [3.8, 4) is 0 Å². The van der Waals surface area contributed by atoms with Gasteiger partial charge >= 0.3 is 0 Å². The summed E-state index contributed by atoms with van der Waals surface area (Å²) >= 11 is 0. The minimum Gasteiger partial charge on any atom is -0.387 e. The number of nitrogens with one attached hydrogen (secondary N) is 2. The molecule has 1 amide bonds. The van der Waals surface area contributed by atoms with Gasteiger partial charge in [-0.2, -0.15) is 5.10 Å². The van der Waals surface area contributed by atoms with Crippen molar-refractivity contribution in [1.82, 2.24) is 25.4 Å². The summed E-state index contributed by atoms with van der Waals surface area (Å²) in [7, 11) is 3.71. The average Bonchev–Trinajstić information content (AvgIpc) is 2.64. The van der Waals surface area contributed by atoms with E-state index >= 15 is 0 Å². The fraction of sp³-hybridized carbons (Fsp3) is 0.667. The van der Waals surface area contributed by atoms with Gasteiger partial charge in [0.15, 0.2) is 0 Å². The van der Waals surface area contributed by atoms with Gasteiger partial charge in [0.2, 0.25) is 5.82 Å². The Hall–Kier alpha value is -1.47. The molecule has 0 saturated carbocycles. The van der Waals surface area contributed by atoms with Crippen LogP contribution in [0.2, 0.25) is 0 Å². The van der Waals surface area contributed by atoms with Gasteiger partial charge in [-0.25, -0.2) is 4.98 Å². The molecule has 0 fully saturated rings. The lowest BCUT2D eigenvalue weighted by Crippen LogP contribution is -2.47. The van der Waals surface area contributed by atoms with Crippen LogP contribution in [0.1, 0.15) is 17.5 Å². The highest BCUT2D eigenvalue weighted by Crippen LogP contribution is 2.02. The van der Waals surface area contributed by atoms with Gasteiger partial charge in [-0.05, 0) is 21.0 Å². The van der Waals surface area contributed by atoms with Gasteiger partial charge in [0.1, 0.15) is 6.33 Å². The largest absolute Gasteiger partial charge is 0.387 e. The van der Waals surface area contributed by atoms with Gasteiger partial charge in [-0.15, -0.1) is 0 Å². The van der Waals surface area contributed by atoms with E-state index < -0.39 is 5.60 Å². The molecule has 7 nitrogen and oxygen atoms in total. The molecule has 7 heteroatoms. The maximum Gasteiger partial charge on any atom is 0.288 e. The van der Waals surface area contributed by atoms with Crippen molar-refractivity contribution in [2.45, 2.75) is 12.5 Å². The summed E-state index contributed by atoms with van der Waals surface area (Å²) < 4.78 is 0. The fourth-order valence-electron chi connectivity index (χ4n) is 1.41. The molecule has 0 aliphatic heterocycles. The third kappa shape index (κ3) is 3.95. The topological polar surface area (TPSA) is 94.1 Å². The van der Waals surface area contributed by atoms with Crippen LogP contribution in [0.4, 0.5) is 0 Å². The summed E-state index contributed by atoms with van der Waals surface area (Å²) in [4.78, 5) is 17.0. The second kappa shape index (κ2) is 5.04. The summed E-state index contributed by atoms with van der Waals surface area (Å²) in [5, 5.41) is 18.5. The molecular weight excluding hydrogens is 210 g/mol. The number of carbonyl (C=O) groups excluding carboxylic acids is 1. The normalized spacial score (nSPS) is 14.8. The molecule has 0 aliphatic rings. The first kappa shape index (κ1) is 12.6. The fourth-order valence-corrected chi connectivity index (χ4v) is 1.41. The molecular formula is C9H17N5O2. The molecule has 16 heavy (non-hydrogen) atoms. The van der Waals surface area contributed by atoms with E-state index in [1.807, 2.05) is 19.0 Å². The Morgan fingerprint density at radius 2 is 2.38 bits per heavy atom. The van der Waals surface area contributed by atoms with E-state index in [9.17, 15) is 9.90 Å². The predicted molar refractivity (Wildman–Crippen MR) is 57.9 cm³/mol. The lowest BCUT2D eigenvalue weighted by Gasteiger charge is -2.26. The summed E-state index contributed by atoms with van der Waals surface area (Å²) in [5.41, 5.74) is -0.973. The summed E-state index contributed by atoms with van der Waals surface area (Å²) in [5.74, 6) is -0.239. The predicted octanol–water partition coefficient (Wildman–Crippen LogP) is -1.15. The van der Waals surface area contributed by atoms with Crippen molar-refractivity contribution in [3.05, 3.63) is 12.2 Å². The second-order valence-electron chi connectivity index (χ2n) is 4.25. The van der Waals surface area contributed by atoms with Crippen molar-refractivity contribution >= 4 is 5.91 Å². The standard InChI is InChI=1S/C9H17N5O2/c1-9(16,5-14(2)3)4-10-8(15)7-11-6-12-13-7/h6,16H,4-5H2,1-3H3,(H,10,15)(H,11,12,13). The van der Waals surface area contributed by atoms with Crippen molar-refractivity contribution in [3.63, 3.8) is 0 Å². The molecule has 0 aromatic carbocycles. The lowest BCUT2D eigenvalue weighted by atomic mass is 10.1. The Bertz CT molecular complexity index is 334. The number of hydrogen-bond donors (Lipinski definition) is 3. The Labute approximate surface area is 93.9 Å². The number of H-pyrrole nitrogens is 1. The highest BCUT2D eigenvalue weighted by molar-refractivity contribution is 5.90. The molecule has 1 aromatic heterocycles. The number of aromatic amines is 1.